The molecule has 0 spiro atoms. The average Bonchev–Trinajstić information content (AvgIpc) is 2.45. The van der Waals surface area contributed by atoms with Gasteiger partial charge >= 0.3 is 5.97 Å². The molecule has 0 fully saturated rings. The molecule has 1 unspecified atom stereocenters. The van der Waals surface area contributed by atoms with Gasteiger partial charge in [-0.1, -0.05) is 6.92 Å². The summed E-state index contributed by atoms with van der Waals surface area (Å²) in [4.78, 5) is 24.5. The minimum atomic E-state index is -1.22. The average molecular weight is 313 g/mol. The van der Waals surface area contributed by atoms with Crippen molar-refractivity contribution < 1.29 is 19.1 Å². The predicted molar refractivity (Wildman–Crippen MR) is 82.5 cm³/mol. The predicted octanol–water partition coefficient (Wildman–Crippen LogP) is 3.13. The van der Waals surface area contributed by atoms with E-state index in [9.17, 15) is 14.0 Å². The van der Waals surface area contributed by atoms with Gasteiger partial charge in [0.1, 0.15) is 5.82 Å². The molecule has 0 bridgehead atoms. The van der Waals surface area contributed by atoms with E-state index in [2.05, 4.69) is 6.92 Å². The van der Waals surface area contributed by atoms with E-state index >= 15 is 0 Å². The first-order chi connectivity index (χ1) is 9.88. The van der Waals surface area contributed by atoms with Crippen LogP contribution in [0.4, 0.5) is 4.39 Å². The molecule has 1 N–H and O–H groups in total. The summed E-state index contributed by atoms with van der Waals surface area (Å²) in [6, 6.07) is 3.34. The van der Waals surface area contributed by atoms with Crippen LogP contribution in [0.2, 0.25) is 0 Å². The van der Waals surface area contributed by atoms with Crippen molar-refractivity contribution >= 4 is 23.6 Å². The number of thioether (sulfide) groups is 1. The van der Waals surface area contributed by atoms with Gasteiger partial charge in [0.05, 0.1) is 11.1 Å². The molecule has 1 aromatic carbocycles. The van der Waals surface area contributed by atoms with Gasteiger partial charge in [0.15, 0.2) is 0 Å². The summed E-state index contributed by atoms with van der Waals surface area (Å²) in [6.07, 6.45) is 0.829. The minimum Gasteiger partial charge on any atom is -0.478 e. The Hall–Kier alpha value is -1.56. The minimum absolute atomic E-state index is 0.00454. The monoisotopic (exact) mass is 313 g/mol. The molecule has 6 heteroatoms. The summed E-state index contributed by atoms with van der Waals surface area (Å²) < 4.78 is 13.9. The van der Waals surface area contributed by atoms with Gasteiger partial charge < -0.3 is 10.0 Å². The summed E-state index contributed by atoms with van der Waals surface area (Å²) in [6.45, 7) is 3.99. The highest BCUT2D eigenvalue weighted by atomic mass is 32.2. The van der Waals surface area contributed by atoms with Gasteiger partial charge in [-0.05, 0) is 43.0 Å². The van der Waals surface area contributed by atoms with E-state index in [1.54, 1.807) is 18.8 Å². The van der Waals surface area contributed by atoms with Gasteiger partial charge in [-0.3, -0.25) is 4.79 Å². The molecule has 0 aliphatic rings. The number of carboxylic acids is 1. The number of amides is 1. The van der Waals surface area contributed by atoms with Crippen LogP contribution in [-0.4, -0.2) is 46.5 Å². The summed E-state index contributed by atoms with van der Waals surface area (Å²) >= 11 is 1.79. The lowest BCUT2D eigenvalue weighted by Crippen LogP contribution is -2.36. The van der Waals surface area contributed by atoms with E-state index in [4.69, 9.17) is 5.11 Å². The Labute approximate surface area is 128 Å². The summed E-state index contributed by atoms with van der Waals surface area (Å²) in [7, 11) is 1.63. The molecule has 1 rings (SSSR count). The zero-order chi connectivity index (χ0) is 16.0. The molecular formula is C15H20FNO3S. The second-order valence-corrected chi connectivity index (χ2v) is 6.14. The Bertz CT molecular complexity index is 522. The van der Waals surface area contributed by atoms with Crippen LogP contribution < -0.4 is 0 Å². The largest absolute Gasteiger partial charge is 0.478 e. The molecule has 1 atom stereocenters. The van der Waals surface area contributed by atoms with Crippen LogP contribution in [0.5, 0.6) is 0 Å². The lowest BCUT2D eigenvalue weighted by molar-refractivity contribution is 0.0691. The first kappa shape index (κ1) is 17.5. The number of carbonyl (C=O) groups is 2. The Morgan fingerprint density at radius 2 is 2.10 bits per heavy atom. The second-order valence-electron chi connectivity index (χ2n) is 4.75. The van der Waals surface area contributed by atoms with Gasteiger partial charge in [0, 0.05) is 13.1 Å². The van der Waals surface area contributed by atoms with E-state index < -0.39 is 17.7 Å². The standard InChI is InChI=1S/C15H20FNO3S/c1-4-21-8-7-10(2)17(3)14(18)12-6-5-11(15(19)20)9-13(12)16/h5-6,9-10H,4,7-8H2,1-3H3,(H,19,20). The number of hydrogen-bond donors (Lipinski definition) is 1. The van der Waals surface area contributed by atoms with Gasteiger partial charge in [-0.2, -0.15) is 11.8 Å². The van der Waals surface area contributed by atoms with Crippen molar-refractivity contribution in [2.45, 2.75) is 26.3 Å². The van der Waals surface area contributed by atoms with Crippen LogP contribution in [0.3, 0.4) is 0 Å². The highest BCUT2D eigenvalue weighted by Gasteiger charge is 2.21. The SMILES string of the molecule is CCSCCC(C)N(C)C(=O)c1ccc(C(=O)O)cc1F. The molecule has 1 aromatic rings. The normalized spacial score (nSPS) is 12.0. The molecule has 0 saturated carbocycles. The molecule has 116 valence electrons. The van der Waals surface area contributed by atoms with E-state index in [0.717, 1.165) is 24.0 Å². The fraction of sp³-hybridized carbons (Fsp3) is 0.467. The molecular weight excluding hydrogens is 293 g/mol. The molecule has 0 heterocycles. The van der Waals surface area contributed by atoms with E-state index in [0.29, 0.717) is 0 Å². The number of benzene rings is 1. The van der Waals surface area contributed by atoms with Gasteiger partial charge in [-0.15, -0.1) is 0 Å². The number of rotatable bonds is 7. The second kappa shape index (κ2) is 8.02. The number of halogens is 1. The summed E-state index contributed by atoms with van der Waals surface area (Å²) in [5.74, 6) is -0.489. The Kier molecular flexibility index (Phi) is 6.68. The molecule has 21 heavy (non-hydrogen) atoms. The maximum atomic E-state index is 13.9. The lowest BCUT2D eigenvalue weighted by atomic mass is 10.1. The van der Waals surface area contributed by atoms with Crippen molar-refractivity contribution in [3.8, 4) is 0 Å². The summed E-state index contributed by atoms with van der Waals surface area (Å²) in [5, 5.41) is 8.79. The highest BCUT2D eigenvalue weighted by molar-refractivity contribution is 7.99. The molecule has 1 amide bonds. The number of aromatic carboxylic acids is 1. The van der Waals surface area contributed by atoms with Crippen LogP contribution in [0.25, 0.3) is 0 Å². The van der Waals surface area contributed by atoms with Crippen LogP contribution in [0, 0.1) is 5.82 Å². The number of carbonyl (C=O) groups excluding carboxylic acids is 1. The molecule has 0 aliphatic heterocycles. The molecule has 4 nitrogen and oxygen atoms in total. The lowest BCUT2D eigenvalue weighted by Gasteiger charge is -2.25. The third-order valence-electron chi connectivity index (χ3n) is 3.31. The smallest absolute Gasteiger partial charge is 0.335 e. The first-order valence-electron chi connectivity index (χ1n) is 6.76. The quantitative estimate of drug-likeness (QED) is 0.786. The molecule has 0 aliphatic carbocycles. The van der Waals surface area contributed by atoms with Crippen molar-refractivity contribution in [1.29, 1.82) is 0 Å². The van der Waals surface area contributed by atoms with Crippen LogP contribution in [0.1, 0.15) is 41.0 Å². The number of nitrogens with zero attached hydrogens (tertiary/aromatic N) is 1. The molecule has 0 aromatic heterocycles. The van der Waals surface area contributed by atoms with Crippen LogP contribution in [-0.2, 0) is 0 Å². The number of carboxylic acid groups (broad SMARTS) is 1. The van der Waals surface area contributed by atoms with Crippen LogP contribution >= 0.6 is 11.8 Å². The van der Waals surface area contributed by atoms with Gasteiger partial charge in [0.25, 0.3) is 5.91 Å². The fourth-order valence-electron chi connectivity index (χ4n) is 1.80. The molecule has 0 saturated heterocycles. The van der Waals surface area contributed by atoms with E-state index in [1.807, 2.05) is 6.92 Å². The van der Waals surface area contributed by atoms with E-state index in [1.165, 1.54) is 17.0 Å². The fourth-order valence-corrected chi connectivity index (χ4v) is 2.60. The maximum Gasteiger partial charge on any atom is 0.335 e. The van der Waals surface area contributed by atoms with Crippen molar-refractivity contribution in [3.63, 3.8) is 0 Å². The Balaban J connectivity index is 2.80. The zero-order valence-corrected chi connectivity index (χ0v) is 13.2. The number of hydrogen-bond acceptors (Lipinski definition) is 3. The highest BCUT2D eigenvalue weighted by Crippen LogP contribution is 2.16. The zero-order valence-electron chi connectivity index (χ0n) is 12.4. The van der Waals surface area contributed by atoms with Crippen molar-refractivity contribution in [2.24, 2.45) is 0 Å². The Morgan fingerprint density at radius 3 is 2.62 bits per heavy atom. The van der Waals surface area contributed by atoms with Crippen molar-refractivity contribution in [3.05, 3.63) is 35.1 Å². The van der Waals surface area contributed by atoms with Gasteiger partial charge in [-0.25, -0.2) is 9.18 Å². The third-order valence-corrected chi connectivity index (χ3v) is 4.24. The first-order valence-corrected chi connectivity index (χ1v) is 7.91. The molecule has 0 radical (unpaired) electrons. The topological polar surface area (TPSA) is 57.6 Å². The van der Waals surface area contributed by atoms with E-state index in [-0.39, 0.29) is 17.2 Å². The Morgan fingerprint density at radius 1 is 1.43 bits per heavy atom. The summed E-state index contributed by atoms with van der Waals surface area (Å²) in [5.41, 5.74) is -0.267. The van der Waals surface area contributed by atoms with Crippen molar-refractivity contribution in [2.75, 3.05) is 18.6 Å². The third kappa shape index (κ3) is 4.74. The van der Waals surface area contributed by atoms with Gasteiger partial charge in [0.2, 0.25) is 0 Å². The van der Waals surface area contributed by atoms with Crippen LogP contribution in [0.15, 0.2) is 18.2 Å². The van der Waals surface area contributed by atoms with Crippen molar-refractivity contribution in [1.82, 2.24) is 4.90 Å². The maximum absolute atomic E-state index is 13.9.